The van der Waals surface area contributed by atoms with Gasteiger partial charge in [0.2, 0.25) is 0 Å². The normalized spacial score (nSPS) is 27.0. The van der Waals surface area contributed by atoms with Crippen molar-refractivity contribution in [3.63, 3.8) is 0 Å². The van der Waals surface area contributed by atoms with Crippen LogP contribution in [-0.4, -0.2) is 6.04 Å². The zero-order valence-electron chi connectivity index (χ0n) is 10.3. The third-order valence-electron chi connectivity index (χ3n) is 3.89. The molecule has 0 radical (unpaired) electrons. The summed E-state index contributed by atoms with van der Waals surface area (Å²) in [4.78, 5) is 1.42. The minimum Gasteiger partial charge on any atom is -0.271 e. The number of nitrogens with one attached hydrogen (secondary N) is 1. The Morgan fingerprint density at radius 1 is 1.41 bits per heavy atom. The van der Waals surface area contributed by atoms with Gasteiger partial charge in [0.1, 0.15) is 0 Å². The first-order chi connectivity index (χ1) is 8.19. The number of hydrogen-bond acceptors (Lipinski definition) is 3. The molecule has 1 atom stereocenters. The highest BCUT2D eigenvalue weighted by Gasteiger charge is 2.25. The van der Waals surface area contributed by atoms with Crippen LogP contribution in [0.2, 0.25) is 0 Å². The largest absolute Gasteiger partial charge is 0.271 e. The summed E-state index contributed by atoms with van der Waals surface area (Å²) in [5.74, 6) is 7.39. The molecule has 1 aromatic rings. The van der Waals surface area contributed by atoms with Crippen LogP contribution in [0.3, 0.4) is 0 Å². The Bertz CT molecular complexity index is 345. The van der Waals surface area contributed by atoms with Crippen molar-refractivity contribution in [1.29, 1.82) is 0 Å². The smallest absolute Gasteiger partial charge is 0.0701 e. The predicted molar refractivity (Wildman–Crippen MR) is 78.0 cm³/mol. The van der Waals surface area contributed by atoms with Gasteiger partial charge in [-0.3, -0.25) is 11.3 Å². The molecule has 96 valence electrons. The Hall–Kier alpha value is 0.1000. The van der Waals surface area contributed by atoms with Gasteiger partial charge in [0, 0.05) is 10.9 Å². The van der Waals surface area contributed by atoms with Gasteiger partial charge in [-0.15, -0.1) is 11.3 Å². The maximum Gasteiger partial charge on any atom is 0.0701 e. The molecule has 1 saturated carbocycles. The van der Waals surface area contributed by atoms with Gasteiger partial charge < -0.3 is 0 Å². The molecule has 1 aliphatic rings. The average Bonchev–Trinajstić information content (AvgIpc) is 2.73. The standard InChI is InChI=1S/C13H21BrN2S/c1-9-2-4-10(5-3-9)12(16-15)8-11-6-7-13(14)17-11/h6-7,9-10,12,16H,2-5,8,15H2,1H3. The summed E-state index contributed by atoms with van der Waals surface area (Å²) in [5.41, 5.74) is 3.04. The van der Waals surface area contributed by atoms with E-state index in [0.29, 0.717) is 6.04 Å². The van der Waals surface area contributed by atoms with Gasteiger partial charge in [0.15, 0.2) is 0 Å². The third-order valence-corrected chi connectivity index (χ3v) is 5.54. The lowest BCUT2D eigenvalue weighted by atomic mass is 9.78. The number of rotatable bonds is 4. The fourth-order valence-corrected chi connectivity index (χ4v) is 4.27. The average molecular weight is 317 g/mol. The number of thiophene rings is 1. The molecule has 2 rings (SSSR count). The molecule has 0 aromatic carbocycles. The number of hydrazine groups is 1. The van der Waals surface area contributed by atoms with Crippen molar-refractivity contribution in [2.45, 2.75) is 45.1 Å². The van der Waals surface area contributed by atoms with Crippen molar-refractivity contribution >= 4 is 27.3 Å². The molecule has 0 amide bonds. The lowest BCUT2D eigenvalue weighted by Crippen LogP contribution is -2.43. The van der Waals surface area contributed by atoms with E-state index in [0.717, 1.165) is 18.3 Å². The van der Waals surface area contributed by atoms with Gasteiger partial charge in [0.05, 0.1) is 3.79 Å². The van der Waals surface area contributed by atoms with Crippen LogP contribution in [0.25, 0.3) is 0 Å². The van der Waals surface area contributed by atoms with E-state index in [1.54, 1.807) is 0 Å². The molecule has 0 saturated heterocycles. The van der Waals surface area contributed by atoms with Gasteiger partial charge in [-0.2, -0.15) is 0 Å². The van der Waals surface area contributed by atoms with E-state index in [-0.39, 0.29) is 0 Å². The first-order valence-electron chi connectivity index (χ1n) is 6.39. The first-order valence-corrected chi connectivity index (χ1v) is 8.00. The van der Waals surface area contributed by atoms with E-state index in [4.69, 9.17) is 5.84 Å². The maximum atomic E-state index is 5.74. The SMILES string of the molecule is CC1CCC(C(Cc2ccc(Br)s2)NN)CC1. The van der Waals surface area contributed by atoms with Crippen LogP contribution in [0.1, 0.15) is 37.5 Å². The van der Waals surface area contributed by atoms with Gasteiger partial charge in [-0.25, -0.2) is 0 Å². The van der Waals surface area contributed by atoms with Crippen molar-refractivity contribution in [1.82, 2.24) is 5.43 Å². The molecule has 1 aliphatic carbocycles. The van der Waals surface area contributed by atoms with E-state index >= 15 is 0 Å². The molecule has 1 fully saturated rings. The van der Waals surface area contributed by atoms with E-state index in [1.807, 2.05) is 11.3 Å². The second kappa shape index (κ2) is 6.32. The van der Waals surface area contributed by atoms with Gasteiger partial charge in [-0.05, 0) is 59.2 Å². The Labute approximate surface area is 116 Å². The summed E-state index contributed by atoms with van der Waals surface area (Å²) in [6.45, 7) is 2.36. The number of halogens is 1. The zero-order chi connectivity index (χ0) is 12.3. The molecular weight excluding hydrogens is 296 g/mol. The summed E-state index contributed by atoms with van der Waals surface area (Å²) in [6, 6.07) is 4.76. The fourth-order valence-electron chi connectivity index (χ4n) is 2.73. The fraction of sp³-hybridized carbons (Fsp3) is 0.692. The molecule has 2 nitrogen and oxygen atoms in total. The molecular formula is C13H21BrN2S. The first kappa shape index (κ1) is 13.5. The molecule has 0 aliphatic heterocycles. The van der Waals surface area contributed by atoms with Gasteiger partial charge in [-0.1, -0.05) is 19.8 Å². The van der Waals surface area contributed by atoms with Crippen LogP contribution < -0.4 is 11.3 Å². The quantitative estimate of drug-likeness (QED) is 0.656. The minimum atomic E-state index is 0.438. The molecule has 0 spiro atoms. The predicted octanol–water partition coefficient (Wildman–Crippen LogP) is 3.71. The lowest BCUT2D eigenvalue weighted by Gasteiger charge is -2.32. The Kier molecular flexibility index (Phi) is 5.03. The monoisotopic (exact) mass is 316 g/mol. The van der Waals surface area contributed by atoms with Crippen molar-refractivity contribution in [2.24, 2.45) is 17.7 Å². The lowest BCUT2D eigenvalue weighted by molar-refractivity contribution is 0.230. The van der Waals surface area contributed by atoms with Crippen LogP contribution in [0.15, 0.2) is 15.9 Å². The maximum absolute atomic E-state index is 5.74. The van der Waals surface area contributed by atoms with Crippen molar-refractivity contribution in [2.75, 3.05) is 0 Å². The van der Waals surface area contributed by atoms with Crippen LogP contribution >= 0.6 is 27.3 Å². The Balaban J connectivity index is 1.92. The van der Waals surface area contributed by atoms with Crippen LogP contribution in [0.4, 0.5) is 0 Å². The molecule has 0 bridgehead atoms. The van der Waals surface area contributed by atoms with E-state index in [1.165, 1.54) is 34.3 Å². The Morgan fingerprint density at radius 3 is 2.65 bits per heavy atom. The summed E-state index contributed by atoms with van der Waals surface area (Å²) < 4.78 is 1.21. The molecule has 1 unspecified atom stereocenters. The summed E-state index contributed by atoms with van der Waals surface area (Å²) >= 11 is 5.33. The van der Waals surface area contributed by atoms with Gasteiger partial charge >= 0.3 is 0 Å². The number of nitrogens with two attached hydrogens (primary N) is 1. The molecule has 1 heterocycles. The van der Waals surface area contributed by atoms with Crippen LogP contribution in [0, 0.1) is 11.8 Å². The van der Waals surface area contributed by atoms with E-state index in [9.17, 15) is 0 Å². The van der Waals surface area contributed by atoms with Crippen molar-refractivity contribution < 1.29 is 0 Å². The van der Waals surface area contributed by atoms with Gasteiger partial charge in [0.25, 0.3) is 0 Å². The zero-order valence-corrected chi connectivity index (χ0v) is 12.7. The molecule has 3 N–H and O–H groups in total. The van der Waals surface area contributed by atoms with E-state index in [2.05, 4.69) is 40.4 Å². The highest BCUT2D eigenvalue weighted by molar-refractivity contribution is 9.11. The molecule has 4 heteroatoms. The highest BCUT2D eigenvalue weighted by atomic mass is 79.9. The van der Waals surface area contributed by atoms with E-state index < -0.39 is 0 Å². The minimum absolute atomic E-state index is 0.438. The third kappa shape index (κ3) is 3.78. The van der Waals surface area contributed by atoms with Crippen molar-refractivity contribution in [3.8, 4) is 0 Å². The summed E-state index contributed by atoms with van der Waals surface area (Å²) in [7, 11) is 0. The second-order valence-corrected chi connectivity index (χ2v) is 7.75. The number of hydrogen-bond donors (Lipinski definition) is 2. The van der Waals surface area contributed by atoms with Crippen molar-refractivity contribution in [3.05, 3.63) is 20.8 Å². The highest BCUT2D eigenvalue weighted by Crippen LogP contribution is 2.32. The molecule has 17 heavy (non-hydrogen) atoms. The Morgan fingerprint density at radius 2 is 2.12 bits per heavy atom. The second-order valence-electron chi connectivity index (χ2n) is 5.20. The van der Waals surface area contributed by atoms with Crippen LogP contribution in [-0.2, 0) is 6.42 Å². The summed E-state index contributed by atoms with van der Waals surface area (Å²) in [5, 5.41) is 0. The summed E-state index contributed by atoms with van der Waals surface area (Å²) in [6.07, 6.45) is 6.42. The van der Waals surface area contributed by atoms with Crippen LogP contribution in [0.5, 0.6) is 0 Å². The molecule has 1 aromatic heterocycles. The topological polar surface area (TPSA) is 38.0 Å².